The van der Waals surface area contributed by atoms with Gasteiger partial charge in [-0.3, -0.25) is 37.3 Å². The minimum atomic E-state index is -4.95. The van der Waals surface area contributed by atoms with Crippen molar-refractivity contribution in [1.29, 1.82) is 0 Å². The molecule has 17 nitrogen and oxygen atoms in total. The first kappa shape index (κ1) is 84.1. The molecule has 0 amide bonds. The quantitative estimate of drug-likeness (QED) is 0.0222. The van der Waals surface area contributed by atoms with Gasteiger partial charge in [-0.05, 0) is 37.5 Å². The minimum Gasteiger partial charge on any atom is -0.462 e. The fourth-order valence-electron chi connectivity index (χ4n) is 10.0. The first-order chi connectivity index (χ1) is 41.4. The zero-order chi connectivity index (χ0) is 63.6. The highest BCUT2D eigenvalue weighted by Gasteiger charge is 2.30. The normalized spacial score (nSPS) is 14.5. The zero-order valence-corrected chi connectivity index (χ0v) is 57.4. The molecule has 0 aliphatic heterocycles. The van der Waals surface area contributed by atoms with Crippen LogP contribution in [-0.4, -0.2) is 96.7 Å². The number of ether oxygens (including phenoxy) is 4. The van der Waals surface area contributed by atoms with Gasteiger partial charge in [0.1, 0.15) is 19.3 Å². The first-order valence-corrected chi connectivity index (χ1v) is 38.0. The molecule has 0 bridgehead atoms. The number of hydrogen-bond donors (Lipinski definition) is 3. The number of hydrogen-bond acceptors (Lipinski definition) is 15. The van der Waals surface area contributed by atoms with Gasteiger partial charge >= 0.3 is 39.5 Å². The molecule has 0 aromatic heterocycles. The van der Waals surface area contributed by atoms with Crippen LogP contribution in [0.4, 0.5) is 0 Å². The molecule has 0 aliphatic carbocycles. The summed E-state index contributed by atoms with van der Waals surface area (Å²) >= 11 is 0. The molecule has 19 heteroatoms. The van der Waals surface area contributed by atoms with Crippen molar-refractivity contribution < 1.29 is 80.2 Å². The maximum Gasteiger partial charge on any atom is 0.472 e. The number of esters is 4. The molecule has 0 fully saturated rings. The van der Waals surface area contributed by atoms with Gasteiger partial charge in [-0.15, -0.1) is 0 Å². The van der Waals surface area contributed by atoms with Crippen LogP contribution in [0.25, 0.3) is 0 Å². The van der Waals surface area contributed by atoms with Crippen LogP contribution in [-0.2, 0) is 65.4 Å². The predicted molar refractivity (Wildman–Crippen MR) is 345 cm³/mol. The maximum atomic E-state index is 13.0. The second-order valence-corrected chi connectivity index (χ2v) is 27.8. The number of rotatable bonds is 66. The molecular formula is C67H130O17P2. The first-order valence-electron chi connectivity index (χ1n) is 35.0. The van der Waals surface area contributed by atoms with Crippen LogP contribution < -0.4 is 0 Å². The summed E-state index contributed by atoms with van der Waals surface area (Å²) in [5.74, 6) is -0.657. The summed E-state index contributed by atoms with van der Waals surface area (Å²) in [7, 11) is -9.89. The van der Waals surface area contributed by atoms with E-state index >= 15 is 0 Å². The number of aliphatic hydroxyl groups is 1. The molecule has 0 radical (unpaired) electrons. The number of phosphoric acid groups is 2. The van der Waals surface area contributed by atoms with E-state index < -0.39 is 97.5 Å². The summed E-state index contributed by atoms with van der Waals surface area (Å²) in [6, 6.07) is 0. The molecule has 0 saturated heterocycles. The number of unbranched alkanes of at least 4 members (excludes halogenated alkanes) is 35. The average molecular weight is 1270 g/mol. The summed E-state index contributed by atoms with van der Waals surface area (Å²) in [4.78, 5) is 72.2. The van der Waals surface area contributed by atoms with Crippen LogP contribution in [0.15, 0.2) is 0 Å². The van der Waals surface area contributed by atoms with Crippen LogP contribution in [0.1, 0.15) is 337 Å². The van der Waals surface area contributed by atoms with Crippen molar-refractivity contribution in [2.24, 2.45) is 11.8 Å². The van der Waals surface area contributed by atoms with Gasteiger partial charge in [0.25, 0.3) is 0 Å². The van der Waals surface area contributed by atoms with Crippen molar-refractivity contribution in [2.75, 3.05) is 39.6 Å². The van der Waals surface area contributed by atoms with Crippen molar-refractivity contribution in [3.8, 4) is 0 Å². The Kier molecular flexibility index (Phi) is 58.0. The molecule has 0 saturated carbocycles. The smallest absolute Gasteiger partial charge is 0.462 e. The molecular weight excluding hydrogens is 1140 g/mol. The number of phosphoric ester groups is 2. The Morgan fingerprint density at radius 3 is 0.884 bits per heavy atom. The summed E-state index contributed by atoms with van der Waals surface area (Å²) in [6.07, 6.45) is 43.3. The highest BCUT2D eigenvalue weighted by molar-refractivity contribution is 7.47. The van der Waals surface area contributed by atoms with E-state index in [0.717, 1.165) is 109 Å². The molecule has 0 heterocycles. The molecule has 86 heavy (non-hydrogen) atoms. The SMILES string of the molecule is CCCCCCCCCCCCCCCCCCC(=O)O[C@H](COC(=O)CCCCCCCCCCCCC(C)CC)COP(=O)(O)OC[C@@H](O)COP(=O)(O)OC[C@@H](COC(=O)CCCCCCCCC)OC(=O)CCCCCCCCC(C)C. The highest BCUT2D eigenvalue weighted by atomic mass is 31.2. The molecule has 510 valence electrons. The van der Waals surface area contributed by atoms with Crippen LogP contribution in [0.5, 0.6) is 0 Å². The Morgan fingerprint density at radius 1 is 0.337 bits per heavy atom. The van der Waals surface area contributed by atoms with Crippen molar-refractivity contribution >= 4 is 39.5 Å². The van der Waals surface area contributed by atoms with Gasteiger partial charge in [0, 0.05) is 25.7 Å². The van der Waals surface area contributed by atoms with Gasteiger partial charge < -0.3 is 33.8 Å². The third-order valence-corrected chi connectivity index (χ3v) is 17.7. The number of aliphatic hydroxyl groups excluding tert-OH is 1. The van der Waals surface area contributed by atoms with Crippen LogP contribution in [0.3, 0.4) is 0 Å². The fraction of sp³-hybridized carbons (Fsp3) is 0.940. The zero-order valence-electron chi connectivity index (χ0n) is 55.6. The molecule has 0 aromatic carbocycles. The summed E-state index contributed by atoms with van der Waals surface area (Å²) < 4.78 is 68.0. The number of carbonyl (C=O) groups is 4. The van der Waals surface area contributed by atoms with Gasteiger partial charge in [0.2, 0.25) is 0 Å². The fourth-order valence-corrected chi connectivity index (χ4v) is 11.6. The second-order valence-electron chi connectivity index (χ2n) is 24.9. The third-order valence-electron chi connectivity index (χ3n) is 15.8. The van der Waals surface area contributed by atoms with Crippen LogP contribution in [0.2, 0.25) is 0 Å². The number of carbonyl (C=O) groups excluding carboxylic acids is 4. The second kappa shape index (κ2) is 59.4. The van der Waals surface area contributed by atoms with E-state index in [4.69, 9.17) is 37.0 Å². The van der Waals surface area contributed by atoms with E-state index in [-0.39, 0.29) is 25.7 Å². The Labute approximate surface area is 524 Å². The summed E-state index contributed by atoms with van der Waals surface area (Å²) in [5.41, 5.74) is 0. The summed E-state index contributed by atoms with van der Waals surface area (Å²) in [5, 5.41) is 10.5. The Bertz CT molecular complexity index is 1690. The monoisotopic (exact) mass is 1270 g/mol. The lowest BCUT2D eigenvalue weighted by molar-refractivity contribution is -0.161. The van der Waals surface area contributed by atoms with Crippen molar-refractivity contribution in [2.45, 2.75) is 355 Å². The Hall–Kier alpha value is -1.94. The van der Waals surface area contributed by atoms with E-state index in [0.29, 0.717) is 31.6 Å². The standard InChI is InChI=1S/C67H130O17P2/c1-7-10-12-14-16-17-18-19-20-21-22-23-28-32-39-45-51-66(71)83-62(56-78-65(70)50-44-38-31-27-25-24-26-30-36-42-48-60(6)9-3)57-81-85(73,74)79-53-61(68)54-80-86(75,76)82-58-63(55-77-64(69)49-43-37-29-15-13-11-8-2)84-67(72)52-46-40-34-33-35-41-47-59(4)5/h59-63,68H,7-58H2,1-6H3,(H,73,74)(H,75,76)/t60?,61-,62-,63-/m1/s1. The van der Waals surface area contributed by atoms with Gasteiger partial charge in [-0.2, -0.15) is 0 Å². The van der Waals surface area contributed by atoms with E-state index in [9.17, 15) is 43.2 Å². The van der Waals surface area contributed by atoms with Crippen molar-refractivity contribution in [3.05, 3.63) is 0 Å². The molecule has 3 unspecified atom stereocenters. The van der Waals surface area contributed by atoms with Crippen LogP contribution >= 0.6 is 15.6 Å². The lowest BCUT2D eigenvalue weighted by atomic mass is 9.99. The predicted octanol–water partition coefficient (Wildman–Crippen LogP) is 18.8. The Morgan fingerprint density at radius 2 is 0.593 bits per heavy atom. The molecule has 0 aliphatic rings. The maximum absolute atomic E-state index is 13.0. The Balaban J connectivity index is 5.20. The summed E-state index contributed by atoms with van der Waals surface area (Å²) in [6.45, 7) is 9.42. The van der Waals surface area contributed by atoms with Gasteiger partial charge in [0.15, 0.2) is 12.2 Å². The van der Waals surface area contributed by atoms with E-state index in [2.05, 4.69) is 41.5 Å². The highest BCUT2D eigenvalue weighted by Crippen LogP contribution is 2.45. The van der Waals surface area contributed by atoms with E-state index in [1.54, 1.807) is 0 Å². The lowest BCUT2D eigenvalue weighted by Crippen LogP contribution is -2.30. The third kappa shape index (κ3) is 59.7. The lowest BCUT2D eigenvalue weighted by Gasteiger charge is -2.21. The van der Waals surface area contributed by atoms with Crippen LogP contribution in [0, 0.1) is 11.8 Å². The van der Waals surface area contributed by atoms with E-state index in [1.807, 2.05) is 0 Å². The topological polar surface area (TPSA) is 237 Å². The minimum absolute atomic E-state index is 0.102. The van der Waals surface area contributed by atoms with Gasteiger partial charge in [-0.25, -0.2) is 9.13 Å². The molecule has 0 spiro atoms. The van der Waals surface area contributed by atoms with Gasteiger partial charge in [-0.1, -0.05) is 286 Å². The molecule has 3 N–H and O–H groups in total. The average Bonchev–Trinajstić information content (AvgIpc) is 3.54. The largest absolute Gasteiger partial charge is 0.472 e. The molecule has 0 rings (SSSR count). The molecule has 6 atom stereocenters. The van der Waals surface area contributed by atoms with E-state index in [1.165, 1.54) is 141 Å². The van der Waals surface area contributed by atoms with Gasteiger partial charge in [0.05, 0.1) is 26.4 Å². The van der Waals surface area contributed by atoms with Crippen molar-refractivity contribution in [1.82, 2.24) is 0 Å². The van der Waals surface area contributed by atoms with Crippen molar-refractivity contribution in [3.63, 3.8) is 0 Å². The molecule has 0 aromatic rings.